The van der Waals surface area contributed by atoms with Crippen LogP contribution >= 0.6 is 46.1 Å². The third-order valence-corrected chi connectivity index (χ3v) is 5.13. The number of amides is 2. The monoisotopic (exact) mass is 387 g/mol. The van der Waals surface area contributed by atoms with Crippen LogP contribution in [0.2, 0.25) is 15.1 Å². The van der Waals surface area contributed by atoms with Gasteiger partial charge in [0, 0.05) is 21.3 Å². The largest absolute Gasteiger partial charge is 0.357 e. The molecule has 1 aromatic carbocycles. The van der Waals surface area contributed by atoms with Crippen LogP contribution in [0.15, 0.2) is 30.5 Å². The van der Waals surface area contributed by atoms with Gasteiger partial charge >= 0.3 is 0 Å². The zero-order valence-electron chi connectivity index (χ0n) is 11.2. The van der Waals surface area contributed by atoms with Crippen molar-refractivity contribution in [1.82, 2.24) is 15.8 Å². The van der Waals surface area contributed by atoms with Gasteiger partial charge in [-0.2, -0.15) is 0 Å². The average Bonchev–Trinajstić information content (AvgIpc) is 3.12. The van der Waals surface area contributed by atoms with Crippen molar-refractivity contribution in [3.63, 3.8) is 0 Å². The molecule has 5 nitrogen and oxygen atoms in total. The minimum atomic E-state index is -0.539. The molecule has 0 saturated carbocycles. The van der Waals surface area contributed by atoms with E-state index in [0.717, 1.165) is 11.3 Å². The van der Waals surface area contributed by atoms with E-state index in [2.05, 4.69) is 15.8 Å². The normalized spacial score (nSPS) is 10.7. The maximum Gasteiger partial charge on any atom is 0.286 e. The number of carbonyl (C=O) groups excluding carboxylic acids is 2. The summed E-state index contributed by atoms with van der Waals surface area (Å²) in [5.74, 6) is -1.01. The van der Waals surface area contributed by atoms with Gasteiger partial charge in [0.05, 0.1) is 10.0 Å². The van der Waals surface area contributed by atoms with E-state index in [9.17, 15) is 9.59 Å². The first-order valence-electron chi connectivity index (χ1n) is 6.28. The van der Waals surface area contributed by atoms with Gasteiger partial charge in [0.2, 0.25) is 0 Å². The van der Waals surface area contributed by atoms with Crippen LogP contribution in [0.25, 0.3) is 10.1 Å². The van der Waals surface area contributed by atoms with E-state index in [4.69, 9.17) is 34.8 Å². The van der Waals surface area contributed by atoms with Gasteiger partial charge < -0.3 is 4.98 Å². The molecule has 0 radical (unpaired) electrons. The van der Waals surface area contributed by atoms with Gasteiger partial charge in [0.25, 0.3) is 11.8 Å². The van der Waals surface area contributed by atoms with Crippen molar-refractivity contribution in [2.45, 2.75) is 0 Å². The van der Waals surface area contributed by atoms with Gasteiger partial charge in [-0.05, 0) is 24.3 Å². The van der Waals surface area contributed by atoms with Gasteiger partial charge in [0.15, 0.2) is 0 Å². The van der Waals surface area contributed by atoms with Crippen molar-refractivity contribution < 1.29 is 9.59 Å². The topological polar surface area (TPSA) is 74.0 Å². The van der Waals surface area contributed by atoms with Crippen molar-refractivity contribution in [2.24, 2.45) is 0 Å². The van der Waals surface area contributed by atoms with Crippen molar-refractivity contribution in [3.05, 3.63) is 56.1 Å². The summed E-state index contributed by atoms with van der Waals surface area (Å²) in [4.78, 5) is 27.0. The van der Waals surface area contributed by atoms with Crippen molar-refractivity contribution in [2.75, 3.05) is 0 Å². The third-order valence-electron chi connectivity index (χ3n) is 2.99. The van der Waals surface area contributed by atoms with E-state index in [1.807, 2.05) is 0 Å². The summed E-state index contributed by atoms with van der Waals surface area (Å²) < 4.78 is 0.688. The van der Waals surface area contributed by atoms with Crippen LogP contribution in [0.5, 0.6) is 0 Å². The predicted octanol–water partition coefficient (Wildman–Crippen LogP) is 4.26. The van der Waals surface area contributed by atoms with E-state index < -0.39 is 11.8 Å². The van der Waals surface area contributed by atoms with Crippen LogP contribution in [-0.2, 0) is 0 Å². The van der Waals surface area contributed by atoms with E-state index in [-0.39, 0.29) is 9.90 Å². The Kier molecular flexibility index (Phi) is 4.50. The molecule has 0 fully saturated rings. The number of hydrazine groups is 1. The smallest absolute Gasteiger partial charge is 0.286 e. The highest BCUT2D eigenvalue weighted by atomic mass is 35.5. The number of hydrogen-bond donors (Lipinski definition) is 3. The van der Waals surface area contributed by atoms with E-state index in [1.54, 1.807) is 30.5 Å². The summed E-state index contributed by atoms with van der Waals surface area (Å²) in [6.07, 6.45) is 1.60. The first-order valence-corrected chi connectivity index (χ1v) is 8.23. The Morgan fingerprint density at radius 1 is 1.09 bits per heavy atom. The van der Waals surface area contributed by atoms with Gasteiger partial charge in [0.1, 0.15) is 10.6 Å². The van der Waals surface area contributed by atoms with Gasteiger partial charge in [-0.1, -0.05) is 34.8 Å². The number of benzene rings is 1. The molecule has 0 aliphatic carbocycles. The van der Waals surface area contributed by atoms with Crippen LogP contribution in [0.4, 0.5) is 0 Å². The number of fused-ring (bicyclic) bond motifs is 1. The number of carbonyl (C=O) groups is 2. The van der Waals surface area contributed by atoms with Crippen LogP contribution in [0.3, 0.4) is 0 Å². The lowest BCUT2D eigenvalue weighted by Gasteiger charge is -2.05. The molecule has 0 bridgehead atoms. The van der Waals surface area contributed by atoms with Crippen LogP contribution in [0.1, 0.15) is 20.2 Å². The highest BCUT2D eigenvalue weighted by Gasteiger charge is 2.20. The Hall–Kier alpha value is -1.73. The fourth-order valence-corrected chi connectivity index (χ4v) is 4.24. The SMILES string of the molecule is O=C(NNC(=O)c1sc2cc(Cl)cc(Cl)c2c1Cl)c1ccc[nH]1. The Bertz CT molecular complexity index is 906. The van der Waals surface area contributed by atoms with Gasteiger partial charge in [-0.15, -0.1) is 11.3 Å². The number of nitrogens with one attached hydrogen (secondary N) is 3. The minimum absolute atomic E-state index is 0.221. The second kappa shape index (κ2) is 6.41. The fourth-order valence-electron chi connectivity index (χ4n) is 1.97. The second-order valence-corrected chi connectivity index (χ2v) is 6.77. The van der Waals surface area contributed by atoms with Crippen LogP contribution in [0, 0.1) is 0 Å². The molecular weight excluding hydrogens is 381 g/mol. The van der Waals surface area contributed by atoms with Crippen molar-refractivity contribution in [3.8, 4) is 0 Å². The molecule has 0 aliphatic heterocycles. The van der Waals surface area contributed by atoms with E-state index in [0.29, 0.717) is 25.8 Å². The summed E-state index contributed by atoms with van der Waals surface area (Å²) in [5.41, 5.74) is 4.94. The lowest BCUT2D eigenvalue weighted by atomic mass is 10.2. The standard InChI is InChI=1S/C14H8Cl3N3O2S/c15-6-4-7(16)10-9(5-6)23-12(11(10)17)14(22)20-19-13(21)8-2-1-3-18-8/h1-5,18H,(H,19,21)(H,20,22). The molecule has 3 rings (SSSR count). The summed E-state index contributed by atoms with van der Waals surface area (Å²) in [7, 11) is 0. The van der Waals surface area contributed by atoms with Crippen LogP contribution in [-0.4, -0.2) is 16.8 Å². The van der Waals surface area contributed by atoms with Crippen LogP contribution < -0.4 is 10.9 Å². The molecular formula is C14H8Cl3N3O2S. The van der Waals surface area contributed by atoms with Crippen molar-refractivity contribution in [1.29, 1.82) is 0 Å². The summed E-state index contributed by atoms with van der Waals surface area (Å²) in [6.45, 7) is 0. The first kappa shape index (κ1) is 16.1. The lowest BCUT2D eigenvalue weighted by molar-refractivity contribution is 0.0846. The quantitative estimate of drug-likeness (QED) is 0.574. The molecule has 0 spiro atoms. The second-order valence-electron chi connectivity index (χ2n) is 4.50. The highest BCUT2D eigenvalue weighted by Crippen LogP contribution is 2.41. The zero-order chi connectivity index (χ0) is 16.6. The molecule has 2 aromatic heterocycles. The molecule has 3 N–H and O–H groups in total. The molecule has 0 saturated heterocycles. The number of rotatable bonds is 2. The van der Waals surface area contributed by atoms with Gasteiger partial charge in [-0.3, -0.25) is 20.4 Å². The van der Waals surface area contributed by atoms with E-state index in [1.165, 1.54) is 0 Å². The fraction of sp³-hybridized carbons (Fsp3) is 0. The minimum Gasteiger partial charge on any atom is -0.357 e. The third kappa shape index (κ3) is 3.16. The molecule has 2 heterocycles. The first-order chi connectivity index (χ1) is 11.0. The molecule has 9 heteroatoms. The number of hydrogen-bond acceptors (Lipinski definition) is 3. The molecule has 118 valence electrons. The zero-order valence-corrected chi connectivity index (χ0v) is 14.3. The maximum atomic E-state index is 12.2. The Morgan fingerprint density at radius 2 is 1.83 bits per heavy atom. The number of aromatic amines is 1. The molecule has 0 atom stereocenters. The highest BCUT2D eigenvalue weighted by molar-refractivity contribution is 7.21. The number of thiophene rings is 1. The Labute approximate surface area is 149 Å². The molecule has 0 unspecified atom stereocenters. The van der Waals surface area contributed by atoms with E-state index >= 15 is 0 Å². The number of aromatic nitrogens is 1. The Morgan fingerprint density at radius 3 is 2.52 bits per heavy atom. The Balaban J connectivity index is 1.83. The summed E-state index contributed by atoms with van der Waals surface area (Å²) in [6, 6.07) is 6.48. The molecule has 23 heavy (non-hydrogen) atoms. The summed E-state index contributed by atoms with van der Waals surface area (Å²) in [5, 5.41) is 1.59. The maximum absolute atomic E-state index is 12.2. The molecule has 0 aliphatic rings. The number of halogens is 3. The van der Waals surface area contributed by atoms with Crippen molar-refractivity contribution >= 4 is 68.0 Å². The average molecular weight is 389 g/mol. The molecule has 2 amide bonds. The number of H-pyrrole nitrogens is 1. The van der Waals surface area contributed by atoms with Gasteiger partial charge in [-0.25, -0.2) is 0 Å². The summed E-state index contributed by atoms with van der Waals surface area (Å²) >= 11 is 19.4. The lowest BCUT2D eigenvalue weighted by Crippen LogP contribution is -2.41. The molecule has 3 aromatic rings. The predicted molar refractivity (Wildman–Crippen MR) is 92.6 cm³/mol.